The molecule has 1 heterocycles. The van der Waals surface area contributed by atoms with Gasteiger partial charge in [-0.15, -0.1) is 0 Å². The van der Waals surface area contributed by atoms with Gasteiger partial charge in [-0.1, -0.05) is 56.8 Å². The van der Waals surface area contributed by atoms with Crippen molar-refractivity contribution in [2.45, 2.75) is 59.3 Å². The summed E-state index contributed by atoms with van der Waals surface area (Å²) in [5.74, 6) is 0.701. The van der Waals surface area contributed by atoms with Crippen LogP contribution in [0.15, 0.2) is 49.0 Å². The van der Waals surface area contributed by atoms with E-state index < -0.39 is 0 Å². The highest BCUT2D eigenvalue weighted by atomic mass is 15.1. The maximum absolute atomic E-state index is 4.48. The predicted molar refractivity (Wildman–Crippen MR) is 120 cm³/mol. The van der Waals surface area contributed by atoms with Gasteiger partial charge in [0.05, 0.1) is 0 Å². The molecular weight excluding hydrogens is 338 g/mol. The van der Waals surface area contributed by atoms with Crippen LogP contribution in [0.2, 0.25) is 0 Å². The summed E-state index contributed by atoms with van der Waals surface area (Å²) in [5, 5.41) is 0. The molecule has 0 bridgehead atoms. The third-order valence-electron chi connectivity index (χ3n) is 7.12. The molecule has 1 fully saturated rings. The van der Waals surface area contributed by atoms with Gasteiger partial charge < -0.3 is 4.90 Å². The van der Waals surface area contributed by atoms with Gasteiger partial charge in [0.15, 0.2) is 0 Å². The zero-order chi connectivity index (χ0) is 19.7. The fraction of sp³-hybridized carbons (Fsp3) is 0.481. The molecule has 0 unspecified atom stereocenters. The summed E-state index contributed by atoms with van der Waals surface area (Å²) < 4.78 is 0. The molecule has 2 aromatic rings. The molecule has 1 heteroatoms. The Hall–Kier alpha value is -2.02. The largest absolute Gasteiger partial charge is 0.371 e. The van der Waals surface area contributed by atoms with Crippen molar-refractivity contribution in [2.24, 2.45) is 11.3 Å². The number of likely N-dealkylation sites (tertiary alicyclic amines) is 1. The van der Waals surface area contributed by atoms with Crippen LogP contribution in [-0.4, -0.2) is 18.0 Å². The number of benzene rings is 2. The summed E-state index contributed by atoms with van der Waals surface area (Å²) in [4.78, 5) is 2.53. The first-order chi connectivity index (χ1) is 13.5. The van der Waals surface area contributed by atoms with Crippen molar-refractivity contribution in [3.63, 3.8) is 0 Å². The van der Waals surface area contributed by atoms with E-state index in [-0.39, 0.29) is 0 Å². The minimum atomic E-state index is 0.516. The number of nitrogens with zero attached hydrogens (tertiary/aromatic N) is 1. The van der Waals surface area contributed by atoms with Crippen LogP contribution < -0.4 is 0 Å². The molecule has 0 radical (unpaired) electrons. The number of aryl methyl sites for hydroxylation is 2. The Labute approximate surface area is 171 Å². The van der Waals surface area contributed by atoms with Crippen LogP contribution in [0, 0.1) is 18.3 Å². The molecule has 2 aliphatic rings. The summed E-state index contributed by atoms with van der Waals surface area (Å²) in [5.41, 5.74) is 9.09. The lowest BCUT2D eigenvalue weighted by Crippen LogP contribution is -2.42. The van der Waals surface area contributed by atoms with E-state index >= 15 is 0 Å². The number of hydrogen-bond acceptors (Lipinski definition) is 1. The molecule has 28 heavy (non-hydrogen) atoms. The number of hydrogen-bond donors (Lipinski definition) is 0. The molecular formula is C27H35N. The molecule has 1 saturated heterocycles. The molecule has 1 nitrogen and oxygen atoms in total. The summed E-state index contributed by atoms with van der Waals surface area (Å²) in [6, 6.07) is 16.0. The second kappa shape index (κ2) is 7.78. The van der Waals surface area contributed by atoms with E-state index in [1.54, 1.807) is 11.1 Å². The second-order valence-corrected chi connectivity index (χ2v) is 9.62. The van der Waals surface area contributed by atoms with Gasteiger partial charge in [-0.25, -0.2) is 0 Å². The van der Waals surface area contributed by atoms with E-state index in [4.69, 9.17) is 0 Å². The lowest BCUT2D eigenvalue weighted by atomic mass is 9.66. The fourth-order valence-electron chi connectivity index (χ4n) is 5.27. The Morgan fingerprint density at radius 2 is 1.75 bits per heavy atom. The van der Waals surface area contributed by atoms with Gasteiger partial charge in [0, 0.05) is 18.8 Å². The maximum Gasteiger partial charge on any atom is 0.0366 e. The number of rotatable bonds is 4. The summed E-state index contributed by atoms with van der Waals surface area (Å²) in [6.45, 7) is 13.6. The average molecular weight is 374 g/mol. The van der Waals surface area contributed by atoms with E-state index in [2.05, 4.69) is 74.7 Å². The monoisotopic (exact) mass is 373 g/mol. The molecule has 0 amide bonds. The summed E-state index contributed by atoms with van der Waals surface area (Å²) >= 11 is 0. The quantitative estimate of drug-likeness (QED) is 0.596. The van der Waals surface area contributed by atoms with Gasteiger partial charge in [-0.3, -0.25) is 0 Å². The second-order valence-electron chi connectivity index (χ2n) is 9.62. The molecule has 0 atom stereocenters. The Balaban J connectivity index is 1.41. The minimum absolute atomic E-state index is 0.516. The maximum atomic E-state index is 4.48. The lowest BCUT2D eigenvalue weighted by Gasteiger charge is -2.46. The van der Waals surface area contributed by atoms with Crippen molar-refractivity contribution in [3.8, 4) is 0 Å². The van der Waals surface area contributed by atoms with Crippen molar-refractivity contribution >= 4 is 5.70 Å². The SMILES string of the molecule is C=C(c1ccc(CC(C)C)c(C)c1)N1CCC2(CCc3ccccc3C2)CC1. The van der Waals surface area contributed by atoms with E-state index in [1.165, 1.54) is 54.5 Å². The third-order valence-corrected chi connectivity index (χ3v) is 7.12. The van der Waals surface area contributed by atoms with Gasteiger partial charge in [-0.2, -0.15) is 0 Å². The smallest absolute Gasteiger partial charge is 0.0366 e. The Morgan fingerprint density at radius 3 is 2.43 bits per heavy atom. The zero-order valence-electron chi connectivity index (χ0n) is 17.9. The van der Waals surface area contributed by atoms with Gasteiger partial charge in [0.25, 0.3) is 0 Å². The van der Waals surface area contributed by atoms with Crippen molar-refractivity contribution in [2.75, 3.05) is 13.1 Å². The van der Waals surface area contributed by atoms with Crippen molar-refractivity contribution < 1.29 is 0 Å². The van der Waals surface area contributed by atoms with Gasteiger partial charge in [0.1, 0.15) is 0 Å². The van der Waals surface area contributed by atoms with Crippen molar-refractivity contribution in [3.05, 3.63) is 76.9 Å². The summed E-state index contributed by atoms with van der Waals surface area (Å²) in [7, 11) is 0. The molecule has 4 rings (SSSR count). The van der Waals surface area contributed by atoms with Gasteiger partial charge in [-0.05, 0) is 90.7 Å². The molecule has 1 aliphatic heterocycles. The Morgan fingerprint density at radius 1 is 1.04 bits per heavy atom. The van der Waals surface area contributed by atoms with Crippen LogP contribution in [-0.2, 0) is 19.3 Å². The lowest BCUT2D eigenvalue weighted by molar-refractivity contribution is 0.123. The van der Waals surface area contributed by atoms with Crippen LogP contribution in [0.4, 0.5) is 0 Å². The highest BCUT2D eigenvalue weighted by Crippen LogP contribution is 2.44. The zero-order valence-corrected chi connectivity index (χ0v) is 17.9. The van der Waals surface area contributed by atoms with Crippen LogP contribution in [0.25, 0.3) is 5.70 Å². The summed E-state index contributed by atoms with van der Waals surface area (Å²) in [6.07, 6.45) is 7.63. The topological polar surface area (TPSA) is 3.24 Å². The third kappa shape index (κ3) is 3.90. The highest BCUT2D eigenvalue weighted by Gasteiger charge is 2.37. The van der Waals surface area contributed by atoms with E-state index in [0.717, 1.165) is 19.5 Å². The van der Waals surface area contributed by atoms with E-state index in [0.29, 0.717) is 11.3 Å². The van der Waals surface area contributed by atoms with Crippen molar-refractivity contribution in [1.82, 2.24) is 4.90 Å². The van der Waals surface area contributed by atoms with Crippen LogP contribution in [0.5, 0.6) is 0 Å². The predicted octanol–water partition coefficient (Wildman–Crippen LogP) is 6.44. The molecule has 2 aromatic carbocycles. The van der Waals surface area contributed by atoms with E-state index in [1.807, 2.05) is 0 Å². The fourth-order valence-corrected chi connectivity index (χ4v) is 5.27. The average Bonchev–Trinajstić information content (AvgIpc) is 2.69. The molecule has 0 saturated carbocycles. The van der Waals surface area contributed by atoms with Crippen LogP contribution in [0.3, 0.4) is 0 Å². The first-order valence-corrected chi connectivity index (χ1v) is 11.1. The molecule has 0 N–H and O–H groups in total. The van der Waals surface area contributed by atoms with Crippen LogP contribution in [0.1, 0.15) is 60.9 Å². The van der Waals surface area contributed by atoms with E-state index in [9.17, 15) is 0 Å². The highest BCUT2D eigenvalue weighted by molar-refractivity contribution is 5.63. The molecule has 1 aliphatic carbocycles. The Bertz CT molecular complexity index is 852. The number of fused-ring (bicyclic) bond motifs is 1. The normalized spacial score (nSPS) is 18.4. The molecule has 1 spiro atoms. The standard InChI is InChI=1S/C27H35N/c1-20(2)17-24-9-10-25(18-21(24)3)22(4)28-15-13-27(14-16-28)12-11-23-7-5-6-8-26(23)19-27/h5-10,18,20H,4,11-17,19H2,1-3H3. The van der Waals surface area contributed by atoms with Gasteiger partial charge in [0.2, 0.25) is 0 Å². The minimum Gasteiger partial charge on any atom is -0.371 e. The number of piperidine rings is 1. The van der Waals surface area contributed by atoms with Crippen LogP contribution >= 0.6 is 0 Å². The first-order valence-electron chi connectivity index (χ1n) is 11.1. The molecule has 0 aromatic heterocycles. The van der Waals surface area contributed by atoms with Gasteiger partial charge >= 0.3 is 0 Å². The van der Waals surface area contributed by atoms with Crippen molar-refractivity contribution in [1.29, 1.82) is 0 Å². The molecule has 148 valence electrons. The first kappa shape index (κ1) is 19.3. The Kier molecular flexibility index (Phi) is 5.36.